The molecule has 0 bridgehead atoms. The average molecular weight is 783 g/mol. The molecule has 7 nitrogen and oxygen atoms in total. The lowest BCUT2D eigenvalue weighted by Gasteiger charge is -2.43. The van der Waals surface area contributed by atoms with Gasteiger partial charge in [0.15, 0.2) is 0 Å². The summed E-state index contributed by atoms with van der Waals surface area (Å²) in [5.74, 6) is 1.55. The summed E-state index contributed by atoms with van der Waals surface area (Å²) in [5, 5.41) is 5.67. The van der Waals surface area contributed by atoms with Crippen LogP contribution in [0.1, 0.15) is 22.3 Å². The van der Waals surface area contributed by atoms with Gasteiger partial charge in [-0.1, -0.05) is 111 Å². The fourth-order valence-corrected chi connectivity index (χ4v) is 16.5. The Kier molecular flexibility index (Phi) is 6.74. The Morgan fingerprint density at radius 3 is 1.19 bits per heavy atom. The number of rotatable bonds is 2. The van der Waals surface area contributed by atoms with Gasteiger partial charge in [-0.15, -0.1) is 0 Å². The number of hydrogen-bond donors (Lipinski definition) is 0. The van der Waals surface area contributed by atoms with Crippen LogP contribution in [0.15, 0.2) is 159 Å². The summed E-state index contributed by atoms with van der Waals surface area (Å²) in [7, 11) is -3.95. The summed E-state index contributed by atoms with van der Waals surface area (Å²) in [6.07, 6.45) is 7.14. The monoisotopic (exact) mass is 782 g/mol. The largest absolute Gasteiger partial charge is 0.457 e. The number of anilines is 6. The minimum atomic E-state index is -1.97. The summed E-state index contributed by atoms with van der Waals surface area (Å²) >= 11 is 0. The van der Waals surface area contributed by atoms with Crippen molar-refractivity contribution in [1.29, 1.82) is 0 Å². The van der Waals surface area contributed by atoms with E-state index >= 15 is 0 Å². The number of benzene rings is 6. The van der Waals surface area contributed by atoms with Gasteiger partial charge in [0.25, 0.3) is 0 Å². The minimum Gasteiger partial charge on any atom is -0.457 e. The molecule has 3 aliphatic heterocycles. The normalized spacial score (nSPS) is 16.4. The number of ether oxygens (including phenoxy) is 1. The molecule has 2 aromatic heterocycles. The van der Waals surface area contributed by atoms with E-state index in [-0.39, 0.29) is 0 Å². The molecule has 12 rings (SSSR count). The van der Waals surface area contributed by atoms with E-state index in [1.807, 2.05) is 12.4 Å². The molecule has 1 spiro atoms. The highest BCUT2D eigenvalue weighted by Gasteiger charge is 2.53. The number of nitrogens with zero attached hydrogens (tertiary/aromatic N) is 6. The molecule has 0 atom stereocenters. The maximum absolute atomic E-state index is 7.27. The van der Waals surface area contributed by atoms with Crippen molar-refractivity contribution in [1.82, 2.24) is 19.9 Å². The van der Waals surface area contributed by atoms with E-state index in [4.69, 9.17) is 14.7 Å². The number of hydrogen-bond acceptors (Lipinski definition) is 7. The maximum Gasteiger partial charge on any atom is 0.134 e. The Hall–Kier alpha value is -6.69. The van der Waals surface area contributed by atoms with Crippen molar-refractivity contribution >= 4 is 71.0 Å². The number of fused-ring (bicyclic) bond motifs is 13. The van der Waals surface area contributed by atoms with Crippen molar-refractivity contribution < 1.29 is 4.74 Å². The van der Waals surface area contributed by atoms with Crippen molar-refractivity contribution in [3.63, 3.8) is 0 Å². The van der Waals surface area contributed by atoms with Crippen molar-refractivity contribution in [2.75, 3.05) is 9.80 Å². The second-order valence-corrected chi connectivity index (χ2v) is 25.4. The molecule has 0 fully saturated rings. The molecule has 0 unspecified atom stereocenters. The summed E-state index contributed by atoms with van der Waals surface area (Å²) in [6, 6.07) is 49.1. The van der Waals surface area contributed by atoms with Gasteiger partial charge in [0.2, 0.25) is 0 Å². The molecule has 58 heavy (non-hydrogen) atoms. The molecule has 1 aliphatic carbocycles. The first-order valence-electron chi connectivity index (χ1n) is 19.9. The first kappa shape index (κ1) is 33.5. The molecule has 0 saturated heterocycles. The van der Waals surface area contributed by atoms with Crippen LogP contribution >= 0.6 is 0 Å². The SMILES string of the molecule is C[Si]1(C)c2ccccc2N(c2ccc3c(c2)Oc2cc(N4c5ccccc5[Si](C)(C)c5ccccc54)ccc2C32c3cncnc3-c3ncncc32)c2ccccc21. The molecule has 6 aromatic carbocycles. The maximum atomic E-state index is 7.27. The third kappa shape index (κ3) is 4.21. The minimum absolute atomic E-state index is 0.777. The molecule has 0 radical (unpaired) electrons. The van der Waals surface area contributed by atoms with Gasteiger partial charge < -0.3 is 14.5 Å². The Bertz CT molecular complexity index is 2750. The predicted molar refractivity (Wildman–Crippen MR) is 238 cm³/mol. The summed E-state index contributed by atoms with van der Waals surface area (Å²) in [4.78, 5) is 23.8. The molecular formula is C49H38N6OSi2. The molecular weight excluding hydrogens is 745 g/mol. The summed E-state index contributed by atoms with van der Waals surface area (Å²) < 4.78 is 7.27. The van der Waals surface area contributed by atoms with Crippen molar-refractivity contribution in [3.05, 3.63) is 181 Å². The van der Waals surface area contributed by atoms with Gasteiger partial charge in [0.1, 0.15) is 40.3 Å². The van der Waals surface area contributed by atoms with Crippen LogP contribution in [0, 0.1) is 0 Å². The standard InChI is InChI=1S/C49H38N6OSi2/c1-57(2)43-17-9-5-13-37(43)54(38-14-6-10-18-44(38)57)31-21-23-33-41(25-31)56-42-26-32(55-39-15-7-11-19-45(39)58(3,4)46-20-12-8-16-40(46)55)22-24-34(42)49(33)35-27-50-29-52-47(35)48-36(49)28-51-30-53-48/h5-30H,1-4H3. The van der Waals surface area contributed by atoms with E-state index < -0.39 is 21.6 Å². The van der Waals surface area contributed by atoms with Gasteiger partial charge in [-0.05, 0) is 57.1 Å². The van der Waals surface area contributed by atoms with E-state index in [1.165, 1.54) is 43.5 Å². The van der Waals surface area contributed by atoms with Gasteiger partial charge in [-0.25, -0.2) is 19.9 Å². The molecule has 5 heterocycles. The van der Waals surface area contributed by atoms with E-state index in [9.17, 15) is 0 Å². The molecule has 0 amide bonds. The van der Waals surface area contributed by atoms with E-state index in [1.54, 1.807) is 12.7 Å². The zero-order valence-corrected chi connectivity index (χ0v) is 34.6. The van der Waals surface area contributed by atoms with E-state index in [0.29, 0.717) is 0 Å². The zero-order chi connectivity index (χ0) is 39.0. The Morgan fingerprint density at radius 2 is 0.810 bits per heavy atom. The van der Waals surface area contributed by atoms with Crippen LogP contribution in [0.3, 0.4) is 0 Å². The predicted octanol–water partition coefficient (Wildman–Crippen LogP) is 8.95. The highest BCUT2D eigenvalue weighted by molar-refractivity contribution is 7.03. The highest BCUT2D eigenvalue weighted by Crippen LogP contribution is 2.62. The second-order valence-electron chi connectivity index (χ2n) is 16.8. The lowest BCUT2D eigenvalue weighted by atomic mass is 9.67. The first-order chi connectivity index (χ1) is 28.3. The zero-order valence-electron chi connectivity index (χ0n) is 32.6. The molecule has 9 heteroatoms. The quantitative estimate of drug-likeness (QED) is 0.162. The van der Waals surface area contributed by atoms with Crippen molar-refractivity contribution in [2.24, 2.45) is 0 Å². The third-order valence-corrected chi connectivity index (χ3v) is 20.3. The van der Waals surface area contributed by atoms with Gasteiger partial charge in [-0.3, -0.25) is 0 Å². The van der Waals surface area contributed by atoms with Crippen LogP contribution in [0.2, 0.25) is 26.2 Å². The third-order valence-electron chi connectivity index (χ3n) is 13.2. The van der Waals surface area contributed by atoms with Crippen LogP contribution in [0.5, 0.6) is 11.5 Å². The smallest absolute Gasteiger partial charge is 0.134 e. The van der Waals surface area contributed by atoms with Crippen molar-refractivity contribution in [3.8, 4) is 22.9 Å². The molecule has 0 N–H and O–H groups in total. The van der Waals surface area contributed by atoms with E-state index in [2.05, 4.69) is 179 Å². The Morgan fingerprint density at radius 1 is 0.448 bits per heavy atom. The Balaban J connectivity index is 1.11. The van der Waals surface area contributed by atoms with Crippen LogP contribution in [0.25, 0.3) is 11.4 Å². The molecule has 0 saturated carbocycles. The highest BCUT2D eigenvalue weighted by atomic mass is 28.3. The number of aromatic nitrogens is 4. The second kappa shape index (κ2) is 11.7. The van der Waals surface area contributed by atoms with Crippen LogP contribution in [-0.4, -0.2) is 36.1 Å². The van der Waals surface area contributed by atoms with Crippen LogP contribution < -0.4 is 35.3 Å². The Labute approximate surface area is 339 Å². The van der Waals surface area contributed by atoms with Gasteiger partial charge >= 0.3 is 0 Å². The fourth-order valence-electron chi connectivity index (χ4n) is 10.6. The molecule has 278 valence electrons. The van der Waals surface area contributed by atoms with Crippen molar-refractivity contribution in [2.45, 2.75) is 31.6 Å². The van der Waals surface area contributed by atoms with Gasteiger partial charge in [0.05, 0.1) is 16.8 Å². The lowest BCUT2D eigenvalue weighted by molar-refractivity contribution is 0.436. The lowest BCUT2D eigenvalue weighted by Crippen LogP contribution is -2.58. The summed E-state index contributed by atoms with van der Waals surface area (Å²) in [5.41, 5.74) is 11.7. The average Bonchev–Trinajstić information content (AvgIpc) is 3.54. The van der Waals surface area contributed by atoms with Gasteiger partial charge in [0, 0.05) is 80.9 Å². The van der Waals surface area contributed by atoms with E-state index in [0.717, 1.165) is 56.5 Å². The van der Waals surface area contributed by atoms with Crippen LogP contribution in [0.4, 0.5) is 34.1 Å². The van der Waals surface area contributed by atoms with Gasteiger partial charge in [-0.2, -0.15) is 0 Å². The molecule has 4 aliphatic rings. The first-order valence-corrected chi connectivity index (χ1v) is 25.9. The summed E-state index contributed by atoms with van der Waals surface area (Å²) in [6.45, 7) is 9.82. The number of para-hydroxylation sites is 4. The molecule has 8 aromatic rings. The topological polar surface area (TPSA) is 67.3 Å². The van der Waals surface area contributed by atoms with Crippen LogP contribution in [-0.2, 0) is 5.41 Å². The fraction of sp³-hybridized carbons (Fsp3) is 0.102.